The van der Waals surface area contributed by atoms with Crippen LogP contribution in [0.2, 0.25) is 0 Å². The van der Waals surface area contributed by atoms with Gasteiger partial charge in [-0.25, -0.2) is 0 Å². The van der Waals surface area contributed by atoms with Crippen LogP contribution in [0.15, 0.2) is 0 Å². The van der Waals surface area contributed by atoms with Crippen molar-refractivity contribution in [3.8, 4) is 0 Å². The van der Waals surface area contributed by atoms with E-state index in [4.69, 9.17) is 27.4 Å². The van der Waals surface area contributed by atoms with Gasteiger partial charge in [-0.1, -0.05) is 0 Å². The highest BCUT2D eigenvalue weighted by Crippen LogP contribution is 2.03. The molecule has 0 spiro atoms. The predicted molar refractivity (Wildman–Crippen MR) is 42.4 cm³/mol. The van der Waals surface area contributed by atoms with E-state index in [9.17, 15) is 0 Å². The minimum Gasteiger partial charge on any atom is -1.00 e. The summed E-state index contributed by atoms with van der Waals surface area (Å²) in [5, 5.41) is 0. The molecule has 0 heterocycles. The third-order valence-electron chi connectivity index (χ3n) is 0.671. The summed E-state index contributed by atoms with van der Waals surface area (Å²) in [6.07, 6.45) is 0. The van der Waals surface area contributed by atoms with Crippen LogP contribution in [0.4, 0.5) is 0 Å². The molecule has 0 aromatic heterocycles. The van der Waals surface area contributed by atoms with Crippen LogP contribution in [-0.4, -0.2) is 30.5 Å². The molecule has 0 unspecified atom stereocenters. The van der Waals surface area contributed by atoms with Crippen LogP contribution >= 0.6 is 0 Å². The number of nitrogens with zero attached hydrogens (tertiary/aromatic N) is 1. The summed E-state index contributed by atoms with van der Waals surface area (Å²) in [5.41, 5.74) is 0. The van der Waals surface area contributed by atoms with Crippen LogP contribution in [0.3, 0.4) is 0 Å². The van der Waals surface area contributed by atoms with E-state index in [2.05, 4.69) is 0 Å². The molecule has 0 rings (SSSR count). The predicted octanol–water partition coefficient (Wildman–Crippen LogP) is -1.11. The summed E-state index contributed by atoms with van der Waals surface area (Å²) < 4.78 is 147. The molecule has 0 aliphatic carbocycles. The topological polar surface area (TPSA) is 0 Å². The molecule has 0 saturated carbocycles. The Hall–Kier alpha value is 0.440. The second-order valence-corrected chi connectivity index (χ2v) is 1.12. The van der Waals surface area contributed by atoms with Gasteiger partial charge in [0.25, 0.3) is 0 Å². The number of hydrogen-bond donors (Lipinski definition) is 0. The minimum atomic E-state index is -4.69. The Morgan fingerprint density at radius 3 is 1.50 bits per heavy atom. The molecule has 0 N–H and O–H groups in total. The van der Waals surface area contributed by atoms with Gasteiger partial charge < -0.3 is 21.5 Å². The normalized spacial score (nSPS) is 51.2. The number of hydrogen-bond acceptors (Lipinski definition) is 0. The zero-order chi connectivity index (χ0) is 24.5. The Labute approximate surface area is 104 Å². The van der Waals surface area contributed by atoms with Crippen molar-refractivity contribution in [2.45, 2.75) is 27.4 Å². The van der Waals surface area contributed by atoms with Gasteiger partial charge >= 0.3 is 0 Å². The summed E-state index contributed by atoms with van der Waals surface area (Å²) in [5.74, 6) is 0. The van der Waals surface area contributed by atoms with Crippen molar-refractivity contribution in [3.05, 3.63) is 0 Å². The van der Waals surface area contributed by atoms with Crippen LogP contribution in [0.25, 0.3) is 0 Å². The molecule has 0 radical (unpaired) electrons. The van der Waals surface area contributed by atoms with Crippen molar-refractivity contribution >= 4 is 0 Å². The fraction of sp³-hybridized carbons (Fsp3) is 1.00. The quantitative estimate of drug-likeness (QED) is 0.537. The fourth-order valence-electron chi connectivity index (χ4n) is 0.168. The largest absolute Gasteiger partial charge is 1.00 e. The van der Waals surface area contributed by atoms with Crippen molar-refractivity contribution in [2.24, 2.45) is 0 Å². The maximum Gasteiger partial charge on any atom is 0.0921 e. The molecule has 0 aromatic carbocycles. The number of rotatable bonds is 4. The SMILES string of the molecule is [2H]C([2H])([2H])C([2H])([2H])[N+](C([2H])([2H])C([2H])([2H])[2H])(C([2H])([2H])C([2H])([2H])[2H])C([2H])([2H])C([2H])([2H])[2H].[Br-]. The molecular weight excluding hydrogens is 190 g/mol. The van der Waals surface area contributed by atoms with Gasteiger partial charge in [-0.3, -0.25) is 0 Å². The number of quaternary nitrogens is 1. The van der Waals surface area contributed by atoms with E-state index in [-0.39, 0.29) is 17.0 Å². The van der Waals surface area contributed by atoms with Crippen LogP contribution in [-0.2, 0) is 0 Å². The second kappa shape index (κ2) is 6.17. The van der Waals surface area contributed by atoms with E-state index in [0.29, 0.717) is 0 Å². The molecular formula is C8H20BrN. The van der Waals surface area contributed by atoms with Gasteiger partial charge in [-0.05, 0) is 27.4 Å². The Kier molecular flexibility index (Phi) is 0.710. The molecule has 10 heavy (non-hydrogen) atoms. The van der Waals surface area contributed by atoms with Gasteiger partial charge in [-0.15, -0.1) is 0 Å². The van der Waals surface area contributed by atoms with E-state index < -0.39 is 57.9 Å². The molecule has 0 aromatic rings. The minimum absolute atomic E-state index is 0. The third kappa shape index (κ3) is 3.02. The highest BCUT2D eigenvalue weighted by atomic mass is 79.9. The average Bonchev–Trinajstić information content (AvgIpc) is 2.31. The van der Waals surface area contributed by atoms with E-state index in [0.717, 1.165) is 0 Å². The summed E-state index contributed by atoms with van der Waals surface area (Å²) >= 11 is 0. The van der Waals surface area contributed by atoms with Crippen molar-refractivity contribution in [3.63, 3.8) is 0 Å². The zero-order valence-corrected chi connectivity index (χ0v) is 6.41. The summed E-state index contributed by atoms with van der Waals surface area (Å²) in [6, 6.07) is 0. The molecule has 0 aliphatic heterocycles. The van der Waals surface area contributed by atoms with Crippen molar-refractivity contribution in [1.82, 2.24) is 0 Å². The highest BCUT2D eigenvalue weighted by molar-refractivity contribution is 4.31. The van der Waals surface area contributed by atoms with Crippen LogP contribution in [0.1, 0.15) is 54.8 Å². The standard InChI is InChI=1S/C8H20N.BrH/c1-5-9(6-2,7-3)8-4;/h5-8H2,1-4H3;1H/q+1;/p-1/i1D3,2D3,3D3,4D3,5D2,6D2,7D2,8D2;. The highest BCUT2D eigenvalue weighted by Gasteiger charge is 2.16. The maximum atomic E-state index is 7.90. The lowest BCUT2D eigenvalue weighted by Gasteiger charge is -2.34. The summed E-state index contributed by atoms with van der Waals surface area (Å²) in [6.45, 7) is -35.8. The summed E-state index contributed by atoms with van der Waals surface area (Å²) in [4.78, 5) is 0. The zero-order valence-electron chi connectivity index (χ0n) is 24.8. The lowest BCUT2D eigenvalue weighted by atomic mass is 10.3. The number of halogens is 1. The monoisotopic (exact) mass is 229 g/mol. The Bertz CT molecular complexity index is 493. The maximum absolute atomic E-state index is 7.90. The van der Waals surface area contributed by atoms with Crippen LogP contribution in [0.5, 0.6) is 0 Å². The first-order chi connectivity index (χ1) is 12.0. The first kappa shape index (κ1) is 1.15. The summed E-state index contributed by atoms with van der Waals surface area (Å²) in [7, 11) is 0. The van der Waals surface area contributed by atoms with E-state index >= 15 is 0 Å². The smallest absolute Gasteiger partial charge is 0.0921 e. The Morgan fingerprint density at radius 1 is 1.00 bits per heavy atom. The first-order valence-corrected chi connectivity index (χ1v) is 1.89. The van der Waals surface area contributed by atoms with Crippen molar-refractivity contribution in [2.75, 3.05) is 26.0 Å². The van der Waals surface area contributed by atoms with Crippen LogP contribution < -0.4 is 17.0 Å². The van der Waals surface area contributed by atoms with Gasteiger partial charge in [0, 0.05) is 16.4 Å². The van der Waals surface area contributed by atoms with Crippen molar-refractivity contribution in [1.29, 1.82) is 0 Å². The molecule has 2 heteroatoms. The second-order valence-electron chi connectivity index (χ2n) is 1.12. The average molecular weight is 230 g/mol. The van der Waals surface area contributed by atoms with Gasteiger partial charge in [0.2, 0.25) is 0 Å². The van der Waals surface area contributed by atoms with Gasteiger partial charge in [-0.2, -0.15) is 0 Å². The lowest BCUT2D eigenvalue weighted by molar-refractivity contribution is -0.921. The van der Waals surface area contributed by atoms with Gasteiger partial charge in [0.1, 0.15) is 0 Å². The van der Waals surface area contributed by atoms with Gasteiger partial charge in [0.15, 0.2) is 0 Å². The van der Waals surface area contributed by atoms with E-state index in [1.807, 2.05) is 0 Å². The van der Waals surface area contributed by atoms with Crippen LogP contribution in [0, 0.1) is 0 Å². The molecule has 0 fully saturated rings. The van der Waals surface area contributed by atoms with E-state index in [1.54, 1.807) is 0 Å². The molecule has 0 amide bonds. The van der Waals surface area contributed by atoms with Crippen molar-refractivity contribution < 1.29 is 48.9 Å². The third-order valence-corrected chi connectivity index (χ3v) is 0.671. The van der Waals surface area contributed by atoms with E-state index in [1.165, 1.54) is 0 Å². The fourth-order valence-corrected chi connectivity index (χ4v) is 0.168. The molecule has 0 aliphatic rings. The Balaban J connectivity index is 0. The molecule has 0 saturated heterocycles. The first-order valence-electron chi connectivity index (χ1n) is 11.9. The lowest BCUT2D eigenvalue weighted by Crippen LogP contribution is -3.00. The van der Waals surface area contributed by atoms with Gasteiger partial charge in [0.05, 0.1) is 37.0 Å². The molecule has 64 valence electrons. The molecule has 0 bridgehead atoms. The molecule has 0 atom stereocenters. The Morgan fingerprint density at radius 2 is 1.30 bits per heavy atom. The molecule has 1 nitrogen and oxygen atoms in total.